The van der Waals surface area contributed by atoms with E-state index >= 15 is 0 Å². The van der Waals surface area contributed by atoms with Gasteiger partial charge in [0.2, 0.25) is 0 Å². The summed E-state index contributed by atoms with van der Waals surface area (Å²) in [4.78, 5) is 4.35. The van der Waals surface area contributed by atoms with E-state index in [4.69, 9.17) is 15.2 Å². The van der Waals surface area contributed by atoms with Gasteiger partial charge in [0.25, 0.3) is 0 Å². The lowest BCUT2D eigenvalue weighted by Crippen LogP contribution is -2.23. The Hall–Kier alpha value is -2.69. The smallest absolute Gasteiger partial charge is 0.193 e. The number of nitrogens with zero attached hydrogens (tertiary/aromatic N) is 1. The van der Waals surface area contributed by atoms with E-state index in [1.807, 2.05) is 50.2 Å². The summed E-state index contributed by atoms with van der Waals surface area (Å²) in [6.07, 6.45) is 1.01. The highest BCUT2D eigenvalue weighted by Crippen LogP contribution is 2.15. The lowest BCUT2D eigenvalue weighted by molar-refractivity contribution is 0.242. The number of benzene rings is 2. The number of nitrogens with two attached hydrogens (primary N) is 1. The quantitative estimate of drug-likeness (QED) is 0.604. The van der Waals surface area contributed by atoms with Gasteiger partial charge in [-0.25, -0.2) is 0 Å². The molecule has 24 heavy (non-hydrogen) atoms. The van der Waals surface area contributed by atoms with Crippen LogP contribution in [0.1, 0.15) is 19.4 Å². The number of anilines is 1. The van der Waals surface area contributed by atoms with Crippen LogP contribution in [0, 0.1) is 0 Å². The van der Waals surface area contributed by atoms with Crippen molar-refractivity contribution in [3.8, 4) is 11.5 Å². The van der Waals surface area contributed by atoms with Gasteiger partial charge in [0.05, 0.1) is 13.2 Å². The minimum Gasteiger partial charge on any atom is -0.497 e. The van der Waals surface area contributed by atoms with Crippen molar-refractivity contribution in [1.29, 1.82) is 0 Å². The fraction of sp³-hybridized carbons (Fsp3) is 0.316. The summed E-state index contributed by atoms with van der Waals surface area (Å²) in [5, 5.41) is 3.06. The summed E-state index contributed by atoms with van der Waals surface area (Å²) >= 11 is 0. The third kappa shape index (κ3) is 5.83. The molecule has 0 bridgehead atoms. The maximum absolute atomic E-state index is 5.91. The van der Waals surface area contributed by atoms with Gasteiger partial charge in [-0.15, -0.1) is 0 Å². The average Bonchev–Trinajstić information content (AvgIpc) is 2.57. The second-order valence-electron chi connectivity index (χ2n) is 5.68. The highest BCUT2D eigenvalue weighted by atomic mass is 16.5. The van der Waals surface area contributed by atoms with E-state index in [0.29, 0.717) is 12.5 Å². The van der Waals surface area contributed by atoms with Gasteiger partial charge in [-0.05, 0) is 62.2 Å². The minimum atomic E-state index is 0.185. The largest absolute Gasteiger partial charge is 0.497 e. The molecule has 2 aromatic carbocycles. The first-order valence-electron chi connectivity index (χ1n) is 8.03. The molecule has 0 fully saturated rings. The van der Waals surface area contributed by atoms with E-state index in [2.05, 4.69) is 22.4 Å². The van der Waals surface area contributed by atoms with E-state index in [1.165, 1.54) is 5.56 Å². The number of hydrogen-bond donors (Lipinski definition) is 2. The Morgan fingerprint density at radius 1 is 1.04 bits per heavy atom. The third-order valence-electron chi connectivity index (χ3n) is 3.34. The predicted octanol–water partition coefficient (Wildman–Crippen LogP) is 3.45. The summed E-state index contributed by atoms with van der Waals surface area (Å²) in [5.74, 6) is 2.10. The van der Waals surface area contributed by atoms with E-state index in [0.717, 1.165) is 23.6 Å². The van der Waals surface area contributed by atoms with Crippen molar-refractivity contribution in [3.05, 3.63) is 54.1 Å². The molecule has 3 N–H and O–H groups in total. The second kappa shape index (κ2) is 8.82. The monoisotopic (exact) mass is 327 g/mol. The third-order valence-corrected chi connectivity index (χ3v) is 3.34. The van der Waals surface area contributed by atoms with Crippen molar-refractivity contribution in [2.45, 2.75) is 26.4 Å². The molecule has 0 aliphatic rings. The molecule has 0 aromatic heterocycles. The Kier molecular flexibility index (Phi) is 6.49. The van der Waals surface area contributed by atoms with Gasteiger partial charge in [0.15, 0.2) is 5.96 Å². The van der Waals surface area contributed by atoms with Crippen LogP contribution in [0.15, 0.2) is 53.5 Å². The van der Waals surface area contributed by atoms with Gasteiger partial charge in [0.1, 0.15) is 11.5 Å². The first-order chi connectivity index (χ1) is 11.6. The molecule has 128 valence electrons. The molecule has 0 atom stereocenters. The molecule has 0 heterocycles. The van der Waals surface area contributed by atoms with E-state index in [1.54, 1.807) is 7.11 Å². The van der Waals surface area contributed by atoms with Crippen LogP contribution in [0.4, 0.5) is 5.69 Å². The van der Waals surface area contributed by atoms with Crippen LogP contribution in [-0.4, -0.2) is 25.7 Å². The molecule has 0 aliphatic heterocycles. The molecule has 5 heteroatoms. The van der Waals surface area contributed by atoms with Crippen LogP contribution < -0.4 is 20.5 Å². The molecule has 0 spiro atoms. The Bertz CT molecular complexity index is 649. The van der Waals surface area contributed by atoms with Crippen LogP contribution in [0.3, 0.4) is 0 Å². The standard InChI is InChI=1S/C19H25N3O2/c1-14(2)24-18-8-4-15(5-9-18)12-13-21-19(20)22-16-6-10-17(23-3)11-7-16/h4-11,14H,12-13H2,1-3H3,(H3,20,21,22). The molecular weight excluding hydrogens is 302 g/mol. The zero-order valence-electron chi connectivity index (χ0n) is 14.5. The fourth-order valence-corrected chi connectivity index (χ4v) is 2.17. The number of guanidine groups is 1. The molecule has 0 aliphatic carbocycles. The number of ether oxygens (including phenoxy) is 2. The zero-order chi connectivity index (χ0) is 17.4. The van der Waals surface area contributed by atoms with Gasteiger partial charge in [-0.3, -0.25) is 4.99 Å². The molecule has 0 unspecified atom stereocenters. The minimum absolute atomic E-state index is 0.185. The molecule has 2 rings (SSSR count). The summed E-state index contributed by atoms with van der Waals surface area (Å²) in [6.45, 7) is 4.65. The van der Waals surface area contributed by atoms with E-state index in [9.17, 15) is 0 Å². The van der Waals surface area contributed by atoms with Crippen LogP contribution in [0.5, 0.6) is 11.5 Å². The van der Waals surface area contributed by atoms with Crippen molar-refractivity contribution >= 4 is 11.6 Å². The lowest BCUT2D eigenvalue weighted by Gasteiger charge is -2.10. The van der Waals surface area contributed by atoms with Crippen molar-refractivity contribution in [2.75, 3.05) is 19.0 Å². The first-order valence-corrected chi connectivity index (χ1v) is 8.03. The maximum atomic E-state index is 5.91. The molecule has 0 amide bonds. The van der Waals surface area contributed by atoms with Crippen LogP contribution in [-0.2, 0) is 6.42 Å². The maximum Gasteiger partial charge on any atom is 0.193 e. The molecule has 0 saturated heterocycles. The Labute approximate surface area is 143 Å². The Morgan fingerprint density at radius 3 is 2.25 bits per heavy atom. The second-order valence-corrected chi connectivity index (χ2v) is 5.68. The van der Waals surface area contributed by atoms with Gasteiger partial charge < -0.3 is 20.5 Å². The van der Waals surface area contributed by atoms with E-state index < -0.39 is 0 Å². The van der Waals surface area contributed by atoms with Crippen molar-refractivity contribution in [2.24, 2.45) is 10.7 Å². The van der Waals surface area contributed by atoms with Crippen LogP contribution >= 0.6 is 0 Å². The van der Waals surface area contributed by atoms with Crippen LogP contribution in [0.25, 0.3) is 0 Å². The van der Waals surface area contributed by atoms with Crippen LogP contribution in [0.2, 0.25) is 0 Å². The Morgan fingerprint density at radius 2 is 1.67 bits per heavy atom. The normalized spacial score (nSPS) is 11.4. The van der Waals surface area contributed by atoms with Gasteiger partial charge >= 0.3 is 0 Å². The summed E-state index contributed by atoms with van der Waals surface area (Å²) < 4.78 is 10.7. The highest BCUT2D eigenvalue weighted by Gasteiger charge is 1.99. The topological polar surface area (TPSA) is 68.9 Å². The van der Waals surface area contributed by atoms with Crippen molar-refractivity contribution in [3.63, 3.8) is 0 Å². The fourth-order valence-electron chi connectivity index (χ4n) is 2.17. The number of hydrogen-bond acceptors (Lipinski definition) is 3. The molecular formula is C19H25N3O2. The molecule has 0 saturated carbocycles. The molecule has 2 aromatic rings. The van der Waals surface area contributed by atoms with Gasteiger partial charge in [0, 0.05) is 12.2 Å². The van der Waals surface area contributed by atoms with E-state index in [-0.39, 0.29) is 6.10 Å². The highest BCUT2D eigenvalue weighted by molar-refractivity contribution is 5.92. The van der Waals surface area contributed by atoms with Gasteiger partial charge in [-0.1, -0.05) is 12.1 Å². The number of methoxy groups -OCH3 is 1. The summed E-state index contributed by atoms with van der Waals surface area (Å²) in [5.41, 5.74) is 7.99. The summed E-state index contributed by atoms with van der Waals surface area (Å²) in [7, 11) is 1.64. The zero-order valence-corrected chi connectivity index (χ0v) is 14.5. The van der Waals surface area contributed by atoms with Crippen molar-refractivity contribution in [1.82, 2.24) is 0 Å². The Balaban J connectivity index is 1.81. The van der Waals surface area contributed by atoms with Crippen molar-refractivity contribution < 1.29 is 9.47 Å². The predicted molar refractivity (Wildman–Crippen MR) is 99.0 cm³/mol. The average molecular weight is 327 g/mol. The van der Waals surface area contributed by atoms with Gasteiger partial charge in [-0.2, -0.15) is 0 Å². The summed E-state index contributed by atoms with van der Waals surface area (Å²) in [6, 6.07) is 15.6. The number of nitrogens with one attached hydrogen (secondary N) is 1. The molecule has 0 radical (unpaired) electrons. The number of rotatable bonds is 7. The SMILES string of the molecule is COc1ccc(NC(N)=NCCc2ccc(OC(C)C)cc2)cc1. The number of aliphatic imine (C=N–C) groups is 1. The lowest BCUT2D eigenvalue weighted by atomic mass is 10.1. The molecule has 5 nitrogen and oxygen atoms in total. The first kappa shape index (κ1) is 17.7.